The number of Topliss-reactive ketones (excluding diaryl/α,β-unsaturated/α-hetero) is 1. The van der Waals surface area contributed by atoms with Crippen LogP contribution in [-0.2, 0) is 11.2 Å². The van der Waals surface area contributed by atoms with Crippen molar-refractivity contribution in [2.45, 2.75) is 39.7 Å². The van der Waals surface area contributed by atoms with Crippen LogP contribution < -0.4 is 10.6 Å². The molecule has 0 fully saturated rings. The molecule has 0 aliphatic carbocycles. The van der Waals surface area contributed by atoms with E-state index in [0.29, 0.717) is 11.4 Å². The number of carbonyl (C=O) groups is 3. The van der Waals surface area contributed by atoms with Gasteiger partial charge in [0.25, 0.3) is 5.91 Å². The maximum atomic E-state index is 12.5. The summed E-state index contributed by atoms with van der Waals surface area (Å²) in [5, 5.41) is 5.38. The zero-order valence-corrected chi connectivity index (χ0v) is 19.0. The normalized spacial score (nSPS) is 10.9. The van der Waals surface area contributed by atoms with Gasteiger partial charge in [-0.15, -0.1) is 0 Å². The van der Waals surface area contributed by atoms with Crippen molar-refractivity contribution in [2.24, 2.45) is 0 Å². The maximum Gasteiger partial charge on any atom is 0.412 e. The summed E-state index contributed by atoms with van der Waals surface area (Å²) in [7, 11) is 0. The van der Waals surface area contributed by atoms with Crippen LogP contribution in [0.15, 0.2) is 60.9 Å². The third-order valence-electron chi connectivity index (χ3n) is 4.44. The summed E-state index contributed by atoms with van der Waals surface area (Å²) in [6, 6.07) is 14.2. The number of benzene rings is 2. The second kappa shape index (κ2) is 10.0. The molecule has 3 aromatic rings. The number of carbonyl (C=O) groups excluding carboxylic acids is 3. The van der Waals surface area contributed by atoms with E-state index >= 15 is 0 Å². The molecule has 2 aromatic carbocycles. The van der Waals surface area contributed by atoms with Gasteiger partial charge in [-0.05, 0) is 57.5 Å². The molecule has 0 aliphatic heterocycles. The lowest BCUT2D eigenvalue weighted by Crippen LogP contribution is -2.27. The Hall–Kier alpha value is -4.07. The molecule has 1 aromatic heterocycles. The van der Waals surface area contributed by atoms with Gasteiger partial charge in [-0.2, -0.15) is 0 Å². The molecular weight excluding hydrogens is 420 g/mol. The van der Waals surface area contributed by atoms with Gasteiger partial charge in [0, 0.05) is 17.8 Å². The van der Waals surface area contributed by atoms with Gasteiger partial charge >= 0.3 is 6.09 Å². The molecule has 8 nitrogen and oxygen atoms in total. The molecule has 3 rings (SSSR count). The number of nitrogens with one attached hydrogen (secondary N) is 2. The first-order chi connectivity index (χ1) is 15.6. The minimum absolute atomic E-state index is 0.107. The molecule has 8 heteroatoms. The van der Waals surface area contributed by atoms with Crippen molar-refractivity contribution in [1.82, 2.24) is 9.97 Å². The molecule has 0 spiro atoms. The van der Waals surface area contributed by atoms with Crippen molar-refractivity contribution in [3.05, 3.63) is 83.4 Å². The number of ether oxygens (including phenoxy) is 1. The van der Waals surface area contributed by atoms with Crippen molar-refractivity contribution < 1.29 is 19.1 Å². The smallest absolute Gasteiger partial charge is 0.412 e. The lowest BCUT2D eigenvalue weighted by molar-refractivity contribution is 0.0635. The lowest BCUT2D eigenvalue weighted by atomic mass is 10.1. The van der Waals surface area contributed by atoms with E-state index in [0.717, 1.165) is 11.1 Å². The van der Waals surface area contributed by atoms with Crippen LogP contribution in [0.25, 0.3) is 0 Å². The van der Waals surface area contributed by atoms with Gasteiger partial charge in [0.15, 0.2) is 5.78 Å². The summed E-state index contributed by atoms with van der Waals surface area (Å²) in [6.07, 6.45) is 2.14. The number of aromatic nitrogens is 2. The monoisotopic (exact) mass is 446 g/mol. The van der Waals surface area contributed by atoms with Crippen LogP contribution >= 0.6 is 0 Å². The number of nitrogens with zero attached hydrogens (tertiary/aromatic N) is 2. The standard InChI is InChI=1S/C25H26N4O4/c1-16-5-9-18(10-6-16)28-23(31)21-15-26-20(14-27-21)22(30)13-17-7-11-19(12-8-17)29-24(32)33-25(2,3)4/h5-12,14-15H,13H2,1-4H3,(H,28,31)(H,29,32). The SMILES string of the molecule is Cc1ccc(NC(=O)c2cnc(C(=O)Cc3ccc(NC(=O)OC(C)(C)C)cc3)cn2)cc1. The van der Waals surface area contributed by atoms with E-state index in [1.54, 1.807) is 57.2 Å². The molecule has 33 heavy (non-hydrogen) atoms. The molecule has 2 amide bonds. The number of ketones is 1. The summed E-state index contributed by atoms with van der Waals surface area (Å²) in [5.41, 5.74) is 2.74. The van der Waals surface area contributed by atoms with E-state index in [4.69, 9.17) is 4.74 Å². The number of anilines is 2. The van der Waals surface area contributed by atoms with Gasteiger partial charge in [-0.25, -0.2) is 14.8 Å². The number of aryl methyl sites for hydroxylation is 1. The van der Waals surface area contributed by atoms with E-state index in [1.807, 2.05) is 19.1 Å². The molecular formula is C25H26N4O4. The highest BCUT2D eigenvalue weighted by atomic mass is 16.6. The fraction of sp³-hybridized carbons (Fsp3) is 0.240. The fourth-order valence-corrected chi connectivity index (χ4v) is 2.82. The Kier molecular flexibility index (Phi) is 7.17. The molecule has 0 saturated carbocycles. The summed E-state index contributed by atoms with van der Waals surface area (Å²) in [6.45, 7) is 7.32. The minimum Gasteiger partial charge on any atom is -0.444 e. The maximum absolute atomic E-state index is 12.5. The Morgan fingerprint density at radius 1 is 0.818 bits per heavy atom. The quantitative estimate of drug-likeness (QED) is 0.526. The number of hydrogen-bond acceptors (Lipinski definition) is 6. The van der Waals surface area contributed by atoms with E-state index in [1.165, 1.54) is 12.4 Å². The lowest BCUT2D eigenvalue weighted by Gasteiger charge is -2.19. The average molecular weight is 447 g/mol. The van der Waals surface area contributed by atoms with Crippen LogP contribution in [-0.4, -0.2) is 33.4 Å². The van der Waals surface area contributed by atoms with Crippen molar-refractivity contribution in [1.29, 1.82) is 0 Å². The first-order valence-electron chi connectivity index (χ1n) is 10.4. The highest BCUT2D eigenvalue weighted by Gasteiger charge is 2.16. The van der Waals surface area contributed by atoms with Crippen molar-refractivity contribution in [3.8, 4) is 0 Å². The van der Waals surface area contributed by atoms with Gasteiger partial charge < -0.3 is 10.1 Å². The second-order valence-corrected chi connectivity index (χ2v) is 8.53. The minimum atomic E-state index is -0.589. The Morgan fingerprint density at radius 2 is 1.36 bits per heavy atom. The Morgan fingerprint density at radius 3 is 1.94 bits per heavy atom. The fourth-order valence-electron chi connectivity index (χ4n) is 2.82. The summed E-state index contributed by atoms with van der Waals surface area (Å²) >= 11 is 0. The van der Waals surface area contributed by atoms with Crippen molar-refractivity contribution in [3.63, 3.8) is 0 Å². The molecule has 0 saturated heterocycles. The number of rotatable bonds is 6. The van der Waals surface area contributed by atoms with Gasteiger partial charge in [0.1, 0.15) is 17.0 Å². The zero-order valence-electron chi connectivity index (χ0n) is 19.0. The Balaban J connectivity index is 1.56. The van der Waals surface area contributed by atoms with Crippen LogP contribution in [0.2, 0.25) is 0 Å². The van der Waals surface area contributed by atoms with Gasteiger partial charge in [-0.1, -0.05) is 29.8 Å². The van der Waals surface area contributed by atoms with Crippen LogP contribution in [0.1, 0.15) is 52.9 Å². The van der Waals surface area contributed by atoms with E-state index in [9.17, 15) is 14.4 Å². The molecule has 2 N–H and O–H groups in total. The molecule has 0 atom stereocenters. The predicted octanol–water partition coefficient (Wildman–Crippen LogP) is 4.81. The molecule has 0 unspecified atom stereocenters. The Labute approximate surface area is 192 Å². The first kappa shape index (κ1) is 23.6. The third kappa shape index (κ3) is 7.24. The molecule has 170 valence electrons. The summed E-state index contributed by atoms with van der Waals surface area (Å²) in [5.74, 6) is -0.640. The highest BCUT2D eigenvalue weighted by Crippen LogP contribution is 2.15. The first-order valence-corrected chi connectivity index (χ1v) is 10.4. The van der Waals surface area contributed by atoms with E-state index in [-0.39, 0.29) is 23.6 Å². The van der Waals surface area contributed by atoms with Crippen molar-refractivity contribution >= 4 is 29.2 Å². The van der Waals surface area contributed by atoms with Gasteiger partial charge in [-0.3, -0.25) is 14.9 Å². The number of amides is 2. The zero-order chi connectivity index (χ0) is 24.0. The molecule has 0 bridgehead atoms. The Bertz CT molecular complexity index is 1130. The van der Waals surface area contributed by atoms with Crippen LogP contribution in [0.4, 0.5) is 16.2 Å². The van der Waals surface area contributed by atoms with Crippen molar-refractivity contribution in [2.75, 3.05) is 10.6 Å². The predicted molar refractivity (Wildman–Crippen MR) is 125 cm³/mol. The molecule has 0 radical (unpaired) electrons. The van der Waals surface area contributed by atoms with E-state index < -0.39 is 17.6 Å². The second-order valence-electron chi connectivity index (χ2n) is 8.53. The third-order valence-corrected chi connectivity index (χ3v) is 4.44. The topological polar surface area (TPSA) is 110 Å². The van der Waals surface area contributed by atoms with Crippen LogP contribution in [0.5, 0.6) is 0 Å². The van der Waals surface area contributed by atoms with Gasteiger partial charge in [0.05, 0.1) is 12.4 Å². The average Bonchev–Trinajstić information content (AvgIpc) is 2.75. The largest absolute Gasteiger partial charge is 0.444 e. The van der Waals surface area contributed by atoms with Crippen LogP contribution in [0.3, 0.4) is 0 Å². The molecule has 0 aliphatic rings. The van der Waals surface area contributed by atoms with Gasteiger partial charge in [0.2, 0.25) is 0 Å². The van der Waals surface area contributed by atoms with Crippen LogP contribution in [0, 0.1) is 6.92 Å². The number of hydrogen-bond donors (Lipinski definition) is 2. The van der Waals surface area contributed by atoms with E-state index in [2.05, 4.69) is 20.6 Å². The highest BCUT2D eigenvalue weighted by molar-refractivity contribution is 6.03. The summed E-state index contributed by atoms with van der Waals surface area (Å²) < 4.78 is 5.21. The summed E-state index contributed by atoms with van der Waals surface area (Å²) in [4.78, 5) is 44.9. The molecule has 1 heterocycles.